The molecule has 132 valence electrons. The maximum absolute atomic E-state index is 5.18. The topological polar surface area (TPSA) is 28.2 Å². The van der Waals surface area contributed by atoms with Gasteiger partial charge in [0, 0.05) is 23.0 Å². The maximum atomic E-state index is 5.18. The number of benzene rings is 2. The minimum atomic E-state index is 0.0422. The molecule has 2 aliphatic rings. The lowest BCUT2D eigenvalue weighted by Crippen LogP contribution is -2.41. The Bertz CT molecular complexity index is 897. The summed E-state index contributed by atoms with van der Waals surface area (Å²) in [6.45, 7) is 3.13. The second kappa shape index (κ2) is 6.53. The van der Waals surface area contributed by atoms with Gasteiger partial charge in [-0.2, -0.15) is 0 Å². The summed E-state index contributed by atoms with van der Waals surface area (Å²) in [5.74, 6) is 0. The van der Waals surface area contributed by atoms with Gasteiger partial charge in [0.15, 0.2) is 5.13 Å². The maximum Gasteiger partial charge on any atom is 0.190 e. The Morgan fingerprint density at radius 3 is 2.58 bits per heavy atom. The molecule has 2 aromatic carbocycles. The molecule has 3 aromatic rings. The van der Waals surface area contributed by atoms with E-state index in [0.29, 0.717) is 0 Å². The molecular weight excluding hydrogens is 338 g/mol. The zero-order chi connectivity index (χ0) is 17.4. The monoisotopic (exact) mass is 361 g/mol. The first-order valence-electron chi connectivity index (χ1n) is 9.44. The second-order valence-corrected chi connectivity index (χ2v) is 8.08. The van der Waals surface area contributed by atoms with E-state index in [0.717, 1.165) is 44.0 Å². The van der Waals surface area contributed by atoms with Crippen molar-refractivity contribution in [3.05, 3.63) is 76.8 Å². The van der Waals surface area contributed by atoms with E-state index in [4.69, 9.17) is 4.98 Å². The molecule has 4 heteroatoms. The van der Waals surface area contributed by atoms with E-state index in [1.165, 1.54) is 22.5 Å². The smallest absolute Gasteiger partial charge is 0.190 e. The van der Waals surface area contributed by atoms with Crippen LogP contribution >= 0.6 is 11.3 Å². The average Bonchev–Trinajstić information content (AvgIpc) is 3.36. The Hall–Kier alpha value is -2.17. The molecule has 1 fully saturated rings. The van der Waals surface area contributed by atoms with Gasteiger partial charge in [0.1, 0.15) is 0 Å². The van der Waals surface area contributed by atoms with Crippen molar-refractivity contribution in [1.82, 2.24) is 10.3 Å². The first kappa shape index (κ1) is 16.0. The third-order valence-corrected chi connectivity index (χ3v) is 6.75. The van der Waals surface area contributed by atoms with Crippen molar-refractivity contribution >= 4 is 22.2 Å². The van der Waals surface area contributed by atoms with Gasteiger partial charge in [-0.25, -0.2) is 4.98 Å². The van der Waals surface area contributed by atoms with E-state index >= 15 is 0 Å². The predicted octanol–water partition coefficient (Wildman–Crippen LogP) is 4.51. The number of anilines is 2. The van der Waals surface area contributed by atoms with Crippen molar-refractivity contribution < 1.29 is 0 Å². The Morgan fingerprint density at radius 2 is 1.73 bits per heavy atom. The molecule has 0 atom stereocenters. The molecule has 26 heavy (non-hydrogen) atoms. The molecule has 1 saturated heterocycles. The van der Waals surface area contributed by atoms with E-state index in [1.54, 1.807) is 11.3 Å². The fourth-order valence-corrected chi connectivity index (χ4v) is 5.41. The molecule has 0 bridgehead atoms. The molecule has 2 aliphatic heterocycles. The number of piperidine rings is 1. The Labute approximate surface area is 158 Å². The summed E-state index contributed by atoms with van der Waals surface area (Å²) in [7, 11) is 0. The fraction of sp³-hybridized carbons (Fsp3) is 0.318. The molecule has 0 saturated carbocycles. The van der Waals surface area contributed by atoms with Gasteiger partial charge in [-0.15, -0.1) is 11.3 Å². The molecule has 1 N–H and O–H groups in total. The Morgan fingerprint density at radius 1 is 0.962 bits per heavy atom. The molecule has 3 nitrogen and oxygen atoms in total. The normalized spacial score (nSPS) is 18.7. The van der Waals surface area contributed by atoms with Gasteiger partial charge in [-0.3, -0.25) is 0 Å². The lowest BCUT2D eigenvalue weighted by Gasteiger charge is -2.37. The molecule has 5 rings (SSSR count). The quantitative estimate of drug-likeness (QED) is 0.744. The number of fused-ring (bicyclic) bond motifs is 1. The number of hydrogen-bond donors (Lipinski definition) is 1. The SMILES string of the molecule is c1ccc(C2(c3csc(N4CCc5ccccc54)n3)CCNCC2)cc1. The van der Waals surface area contributed by atoms with Crippen LogP contribution in [0.4, 0.5) is 10.8 Å². The van der Waals surface area contributed by atoms with Crippen LogP contribution in [0.3, 0.4) is 0 Å². The van der Waals surface area contributed by atoms with Crippen molar-refractivity contribution in [1.29, 1.82) is 0 Å². The lowest BCUT2D eigenvalue weighted by atomic mass is 9.71. The summed E-state index contributed by atoms with van der Waals surface area (Å²) in [5.41, 5.74) is 5.45. The first-order chi connectivity index (χ1) is 12.9. The zero-order valence-electron chi connectivity index (χ0n) is 14.8. The van der Waals surface area contributed by atoms with Crippen LogP contribution in [0.5, 0.6) is 0 Å². The number of rotatable bonds is 3. The zero-order valence-corrected chi connectivity index (χ0v) is 15.6. The van der Waals surface area contributed by atoms with Crippen LogP contribution in [0, 0.1) is 0 Å². The van der Waals surface area contributed by atoms with Crippen molar-refractivity contribution in [3.8, 4) is 0 Å². The minimum absolute atomic E-state index is 0.0422. The summed E-state index contributed by atoms with van der Waals surface area (Å²) in [6.07, 6.45) is 3.33. The first-order valence-corrected chi connectivity index (χ1v) is 10.3. The number of nitrogens with zero attached hydrogens (tertiary/aromatic N) is 2. The number of thiazole rings is 1. The van der Waals surface area contributed by atoms with Crippen molar-refractivity contribution in [2.75, 3.05) is 24.5 Å². The van der Waals surface area contributed by atoms with E-state index in [-0.39, 0.29) is 5.41 Å². The molecule has 3 heterocycles. The van der Waals surface area contributed by atoms with Gasteiger partial charge in [-0.05, 0) is 49.5 Å². The standard InChI is InChI=1S/C22H23N3S/c1-2-7-18(8-3-1)22(11-13-23-14-12-22)20-16-26-21(24-20)25-15-10-17-6-4-5-9-19(17)25/h1-9,16,23H,10-15H2. The molecule has 0 unspecified atom stereocenters. The fourth-order valence-electron chi connectivity index (χ4n) is 4.45. The molecule has 0 spiro atoms. The van der Waals surface area contributed by atoms with Gasteiger partial charge in [0.2, 0.25) is 0 Å². The number of nitrogens with one attached hydrogen (secondary N) is 1. The van der Waals surface area contributed by atoms with Crippen LogP contribution in [0.2, 0.25) is 0 Å². The average molecular weight is 362 g/mol. The Balaban J connectivity index is 1.54. The molecule has 0 radical (unpaired) electrons. The van der Waals surface area contributed by atoms with Gasteiger partial charge < -0.3 is 10.2 Å². The van der Waals surface area contributed by atoms with Gasteiger partial charge in [0.05, 0.1) is 5.69 Å². The predicted molar refractivity (Wildman–Crippen MR) is 109 cm³/mol. The molecule has 0 amide bonds. The van der Waals surface area contributed by atoms with Crippen LogP contribution in [-0.2, 0) is 11.8 Å². The van der Waals surface area contributed by atoms with Gasteiger partial charge in [0.25, 0.3) is 0 Å². The van der Waals surface area contributed by atoms with E-state index in [1.807, 2.05) is 0 Å². The summed E-state index contributed by atoms with van der Waals surface area (Å²) in [6, 6.07) is 19.7. The minimum Gasteiger partial charge on any atom is -0.317 e. The van der Waals surface area contributed by atoms with Crippen LogP contribution in [0.25, 0.3) is 0 Å². The van der Waals surface area contributed by atoms with Crippen LogP contribution in [0.1, 0.15) is 29.7 Å². The highest BCUT2D eigenvalue weighted by atomic mass is 32.1. The van der Waals surface area contributed by atoms with Gasteiger partial charge in [-0.1, -0.05) is 48.5 Å². The highest BCUT2D eigenvalue weighted by molar-refractivity contribution is 7.13. The van der Waals surface area contributed by atoms with Gasteiger partial charge >= 0.3 is 0 Å². The van der Waals surface area contributed by atoms with Crippen molar-refractivity contribution in [2.45, 2.75) is 24.7 Å². The summed E-state index contributed by atoms with van der Waals surface area (Å²) in [5, 5.41) is 6.96. The summed E-state index contributed by atoms with van der Waals surface area (Å²) in [4.78, 5) is 7.57. The second-order valence-electron chi connectivity index (χ2n) is 7.24. The largest absolute Gasteiger partial charge is 0.317 e. The Kier molecular flexibility index (Phi) is 4.03. The number of para-hydroxylation sites is 1. The third-order valence-electron chi connectivity index (χ3n) is 5.88. The highest BCUT2D eigenvalue weighted by Crippen LogP contribution is 2.43. The highest BCUT2D eigenvalue weighted by Gasteiger charge is 2.38. The molecule has 1 aromatic heterocycles. The number of hydrogen-bond acceptors (Lipinski definition) is 4. The summed E-state index contributed by atoms with van der Waals surface area (Å²) < 4.78 is 0. The third kappa shape index (κ3) is 2.56. The molecule has 0 aliphatic carbocycles. The van der Waals surface area contributed by atoms with Crippen molar-refractivity contribution in [3.63, 3.8) is 0 Å². The van der Waals surface area contributed by atoms with E-state index < -0.39 is 0 Å². The molecular formula is C22H23N3S. The van der Waals surface area contributed by atoms with Crippen LogP contribution in [0.15, 0.2) is 60.0 Å². The van der Waals surface area contributed by atoms with Crippen molar-refractivity contribution in [2.24, 2.45) is 0 Å². The van der Waals surface area contributed by atoms with E-state index in [9.17, 15) is 0 Å². The van der Waals surface area contributed by atoms with E-state index in [2.05, 4.69) is 70.2 Å². The van der Waals surface area contributed by atoms with Crippen LogP contribution in [-0.4, -0.2) is 24.6 Å². The van der Waals surface area contributed by atoms with Crippen LogP contribution < -0.4 is 10.2 Å². The number of aromatic nitrogens is 1. The summed E-state index contributed by atoms with van der Waals surface area (Å²) >= 11 is 1.79. The lowest BCUT2D eigenvalue weighted by molar-refractivity contribution is 0.356.